The lowest BCUT2D eigenvalue weighted by Crippen LogP contribution is -2.05. The summed E-state index contributed by atoms with van der Waals surface area (Å²) in [6.07, 6.45) is 3.46. The molecule has 0 unspecified atom stereocenters. The van der Waals surface area contributed by atoms with Gasteiger partial charge in [0.2, 0.25) is 0 Å². The molecule has 1 rings (SSSR count). The topological polar surface area (TPSA) is 4.93 Å². The molecule has 0 atom stereocenters. The highest BCUT2D eigenvalue weighted by atomic mass is 15.0. The highest BCUT2D eigenvalue weighted by molar-refractivity contribution is 5.28. The number of hydrogen-bond acceptors (Lipinski definition) is 0. The van der Waals surface area contributed by atoms with Gasteiger partial charge in [0.25, 0.3) is 0 Å². The van der Waals surface area contributed by atoms with Crippen LogP contribution >= 0.6 is 0 Å². The quantitative estimate of drug-likeness (QED) is 0.677. The lowest BCUT2D eigenvalue weighted by molar-refractivity contribution is 0.614. The lowest BCUT2D eigenvalue weighted by Gasteiger charge is -2.15. The van der Waals surface area contributed by atoms with Gasteiger partial charge in [-0.1, -0.05) is 34.6 Å². The molecule has 14 heavy (non-hydrogen) atoms. The van der Waals surface area contributed by atoms with Gasteiger partial charge in [0.15, 0.2) is 0 Å². The number of nitrogens with zero attached hydrogens (tertiary/aromatic N) is 1. The molecule has 0 aromatic carbocycles. The summed E-state index contributed by atoms with van der Waals surface area (Å²) in [5.74, 6) is 1.28. The molecule has 0 aliphatic rings. The average molecular weight is 193 g/mol. The van der Waals surface area contributed by atoms with E-state index in [-0.39, 0.29) is 0 Å². The summed E-state index contributed by atoms with van der Waals surface area (Å²) in [6, 6.07) is 2.29. The molecule has 1 nitrogen and oxygen atoms in total. The molecule has 0 radical (unpaired) electrons. The summed E-state index contributed by atoms with van der Waals surface area (Å²) in [5, 5.41) is 0. The maximum absolute atomic E-state index is 2.42. The van der Waals surface area contributed by atoms with Gasteiger partial charge < -0.3 is 4.57 Å². The monoisotopic (exact) mass is 193 g/mol. The maximum atomic E-state index is 2.42. The molecule has 1 heteroatoms. The van der Waals surface area contributed by atoms with E-state index in [9.17, 15) is 0 Å². The largest absolute Gasteiger partial charge is 0.351 e. The van der Waals surface area contributed by atoms with Gasteiger partial charge in [-0.05, 0) is 29.9 Å². The van der Waals surface area contributed by atoms with E-state index in [2.05, 4.69) is 51.4 Å². The summed E-state index contributed by atoms with van der Waals surface area (Å²) < 4.78 is 2.42. The average Bonchev–Trinajstić information content (AvgIpc) is 2.48. The van der Waals surface area contributed by atoms with E-state index in [1.165, 1.54) is 17.7 Å². The lowest BCUT2D eigenvalue weighted by atomic mass is 9.97. The summed E-state index contributed by atoms with van der Waals surface area (Å²) in [5.41, 5.74) is 3.05. The normalized spacial score (nSPS) is 11.6. The van der Waals surface area contributed by atoms with Crippen LogP contribution in [0.5, 0.6) is 0 Å². The first-order valence-electron chi connectivity index (χ1n) is 5.76. The van der Waals surface area contributed by atoms with Crippen molar-refractivity contribution in [3.05, 3.63) is 23.5 Å². The maximum Gasteiger partial charge on any atom is 0.0235 e. The Morgan fingerprint density at radius 1 is 1.14 bits per heavy atom. The van der Waals surface area contributed by atoms with Crippen LogP contribution in [0.2, 0.25) is 0 Å². The van der Waals surface area contributed by atoms with Gasteiger partial charge >= 0.3 is 0 Å². The van der Waals surface area contributed by atoms with Crippen molar-refractivity contribution >= 4 is 0 Å². The second-order valence-corrected chi connectivity index (χ2v) is 4.66. The fourth-order valence-corrected chi connectivity index (χ4v) is 2.09. The van der Waals surface area contributed by atoms with Crippen molar-refractivity contribution in [2.75, 3.05) is 0 Å². The minimum atomic E-state index is 0.633. The fourth-order valence-electron chi connectivity index (χ4n) is 2.09. The molecular weight excluding hydrogens is 170 g/mol. The van der Waals surface area contributed by atoms with Crippen LogP contribution in [0.3, 0.4) is 0 Å². The second kappa shape index (κ2) is 4.68. The molecule has 0 aliphatic heterocycles. The SMILES string of the molecule is CCCn1ccc(C(C)C)c1C(C)C. The van der Waals surface area contributed by atoms with Gasteiger partial charge in [0.05, 0.1) is 0 Å². The standard InChI is InChI=1S/C13H23N/c1-6-8-14-9-7-12(10(2)3)13(14)11(4)5/h7,9-11H,6,8H2,1-5H3. The molecule has 0 bridgehead atoms. The van der Waals surface area contributed by atoms with E-state index < -0.39 is 0 Å². The molecule has 0 fully saturated rings. The fraction of sp³-hybridized carbons (Fsp3) is 0.692. The van der Waals surface area contributed by atoms with Crippen LogP contribution < -0.4 is 0 Å². The molecule has 0 N–H and O–H groups in total. The van der Waals surface area contributed by atoms with E-state index in [1.807, 2.05) is 0 Å². The van der Waals surface area contributed by atoms with Gasteiger partial charge in [-0.2, -0.15) is 0 Å². The van der Waals surface area contributed by atoms with Crippen molar-refractivity contribution in [1.82, 2.24) is 4.57 Å². The molecule has 1 aromatic rings. The third-order valence-corrected chi connectivity index (χ3v) is 2.67. The van der Waals surface area contributed by atoms with E-state index >= 15 is 0 Å². The number of rotatable bonds is 4. The van der Waals surface area contributed by atoms with Crippen LogP contribution in [-0.2, 0) is 6.54 Å². The predicted molar refractivity (Wildman–Crippen MR) is 62.9 cm³/mol. The summed E-state index contributed by atoms with van der Waals surface area (Å²) in [7, 11) is 0. The summed E-state index contributed by atoms with van der Waals surface area (Å²) in [4.78, 5) is 0. The minimum absolute atomic E-state index is 0.633. The Labute approximate surface area is 88.1 Å². The third-order valence-electron chi connectivity index (χ3n) is 2.67. The van der Waals surface area contributed by atoms with E-state index in [4.69, 9.17) is 0 Å². The van der Waals surface area contributed by atoms with Crippen LogP contribution in [-0.4, -0.2) is 4.57 Å². The first-order chi connectivity index (χ1) is 6.57. The van der Waals surface area contributed by atoms with Gasteiger partial charge in [0, 0.05) is 18.4 Å². The van der Waals surface area contributed by atoms with Crippen molar-refractivity contribution in [3.8, 4) is 0 Å². The summed E-state index contributed by atoms with van der Waals surface area (Å²) in [6.45, 7) is 12.5. The van der Waals surface area contributed by atoms with Crippen LogP contribution in [0, 0.1) is 0 Å². The Morgan fingerprint density at radius 3 is 2.21 bits per heavy atom. The zero-order valence-electron chi connectivity index (χ0n) is 10.2. The number of hydrogen-bond donors (Lipinski definition) is 0. The Bertz CT molecular complexity index is 281. The minimum Gasteiger partial charge on any atom is -0.351 e. The van der Waals surface area contributed by atoms with Crippen LogP contribution in [0.1, 0.15) is 64.1 Å². The number of aryl methyl sites for hydroxylation is 1. The van der Waals surface area contributed by atoms with Crippen molar-refractivity contribution in [1.29, 1.82) is 0 Å². The summed E-state index contributed by atoms with van der Waals surface area (Å²) >= 11 is 0. The number of aromatic nitrogens is 1. The second-order valence-electron chi connectivity index (χ2n) is 4.66. The Kier molecular flexibility index (Phi) is 3.79. The molecule has 0 aliphatic carbocycles. The molecule has 0 spiro atoms. The van der Waals surface area contributed by atoms with Crippen molar-refractivity contribution in [2.45, 2.75) is 59.4 Å². The zero-order valence-corrected chi connectivity index (χ0v) is 10.2. The van der Waals surface area contributed by atoms with Crippen molar-refractivity contribution in [2.24, 2.45) is 0 Å². The van der Waals surface area contributed by atoms with E-state index in [0.717, 1.165) is 6.54 Å². The smallest absolute Gasteiger partial charge is 0.0235 e. The molecule has 0 saturated heterocycles. The van der Waals surface area contributed by atoms with E-state index in [0.29, 0.717) is 11.8 Å². The zero-order chi connectivity index (χ0) is 10.7. The van der Waals surface area contributed by atoms with Gasteiger partial charge in [-0.15, -0.1) is 0 Å². The van der Waals surface area contributed by atoms with Crippen molar-refractivity contribution in [3.63, 3.8) is 0 Å². The molecular formula is C13H23N. The Morgan fingerprint density at radius 2 is 1.79 bits per heavy atom. The molecule has 1 aromatic heterocycles. The predicted octanol–water partition coefficient (Wildman–Crippen LogP) is 4.14. The van der Waals surface area contributed by atoms with Gasteiger partial charge in [-0.3, -0.25) is 0 Å². The first-order valence-corrected chi connectivity index (χ1v) is 5.76. The van der Waals surface area contributed by atoms with Crippen LogP contribution in [0.4, 0.5) is 0 Å². The molecule has 0 saturated carbocycles. The van der Waals surface area contributed by atoms with Gasteiger partial charge in [-0.25, -0.2) is 0 Å². The molecule has 1 heterocycles. The van der Waals surface area contributed by atoms with Gasteiger partial charge in [0.1, 0.15) is 0 Å². The Balaban J connectivity index is 3.07. The third kappa shape index (κ3) is 2.20. The molecule has 80 valence electrons. The highest BCUT2D eigenvalue weighted by Crippen LogP contribution is 2.27. The van der Waals surface area contributed by atoms with Crippen LogP contribution in [0.15, 0.2) is 12.3 Å². The first kappa shape index (κ1) is 11.4. The Hall–Kier alpha value is -0.720. The highest BCUT2D eigenvalue weighted by Gasteiger charge is 2.14. The van der Waals surface area contributed by atoms with E-state index in [1.54, 1.807) is 0 Å². The van der Waals surface area contributed by atoms with Crippen LogP contribution in [0.25, 0.3) is 0 Å². The molecule has 0 amide bonds. The van der Waals surface area contributed by atoms with Crippen molar-refractivity contribution < 1.29 is 0 Å².